The number of nitrogens with one attached hydrogen (secondary N) is 1. The van der Waals surface area contributed by atoms with Gasteiger partial charge in [-0.05, 0) is 40.4 Å². The predicted molar refractivity (Wildman–Crippen MR) is 67.9 cm³/mol. The summed E-state index contributed by atoms with van der Waals surface area (Å²) in [5.41, 5.74) is 5.70. The van der Waals surface area contributed by atoms with Crippen molar-refractivity contribution in [3.8, 4) is 0 Å². The van der Waals surface area contributed by atoms with Crippen molar-refractivity contribution in [2.24, 2.45) is 17.6 Å². The van der Waals surface area contributed by atoms with E-state index in [4.69, 9.17) is 5.73 Å². The third-order valence-electron chi connectivity index (χ3n) is 2.35. The maximum Gasteiger partial charge on any atom is 0.0894 e. The maximum atomic E-state index is 5.70. The Morgan fingerprint density at radius 1 is 1.57 bits per heavy atom. The molecular formula is C10H17BrN2S. The van der Waals surface area contributed by atoms with Gasteiger partial charge in [0.05, 0.1) is 5.00 Å². The van der Waals surface area contributed by atoms with Gasteiger partial charge in [0, 0.05) is 16.4 Å². The third-order valence-corrected chi connectivity index (χ3v) is 4.00. The molecule has 0 fully saturated rings. The van der Waals surface area contributed by atoms with Gasteiger partial charge in [-0.2, -0.15) is 0 Å². The number of rotatable bonds is 5. The molecule has 3 N–H and O–H groups in total. The van der Waals surface area contributed by atoms with Crippen LogP contribution in [-0.4, -0.2) is 13.1 Å². The van der Waals surface area contributed by atoms with Crippen molar-refractivity contribution in [3.63, 3.8) is 0 Å². The van der Waals surface area contributed by atoms with E-state index in [0.717, 1.165) is 17.6 Å². The Morgan fingerprint density at radius 2 is 2.29 bits per heavy atom. The molecule has 0 saturated carbocycles. The minimum Gasteiger partial charge on any atom is -0.377 e. The van der Waals surface area contributed by atoms with Crippen LogP contribution in [0.25, 0.3) is 0 Å². The van der Waals surface area contributed by atoms with E-state index in [1.807, 2.05) is 0 Å². The SMILES string of the molecule is CC(C)C(CN)CNc1cc(Br)cs1. The Hall–Kier alpha value is -0.0600. The van der Waals surface area contributed by atoms with Crippen LogP contribution in [-0.2, 0) is 0 Å². The average molecular weight is 277 g/mol. The number of anilines is 1. The quantitative estimate of drug-likeness (QED) is 0.867. The minimum atomic E-state index is 0.552. The van der Waals surface area contributed by atoms with Crippen molar-refractivity contribution in [2.45, 2.75) is 13.8 Å². The standard InChI is InChI=1S/C10H17BrN2S/c1-7(2)8(4-12)5-13-10-3-9(11)6-14-10/h3,6-8,13H,4-5,12H2,1-2H3. The second kappa shape index (κ2) is 5.73. The van der Waals surface area contributed by atoms with Gasteiger partial charge < -0.3 is 11.1 Å². The molecule has 2 nitrogen and oxygen atoms in total. The summed E-state index contributed by atoms with van der Waals surface area (Å²) >= 11 is 5.15. The molecular weight excluding hydrogens is 260 g/mol. The molecule has 1 aromatic rings. The van der Waals surface area contributed by atoms with Crippen molar-refractivity contribution in [2.75, 3.05) is 18.4 Å². The first-order chi connectivity index (χ1) is 6.63. The highest BCUT2D eigenvalue weighted by molar-refractivity contribution is 9.10. The molecule has 14 heavy (non-hydrogen) atoms. The lowest BCUT2D eigenvalue weighted by Crippen LogP contribution is -2.27. The fraction of sp³-hybridized carbons (Fsp3) is 0.600. The largest absolute Gasteiger partial charge is 0.377 e. The molecule has 0 aliphatic rings. The Kier molecular flexibility index (Phi) is 4.92. The molecule has 0 amide bonds. The van der Waals surface area contributed by atoms with Crippen LogP contribution in [0.15, 0.2) is 15.9 Å². The fourth-order valence-corrected chi connectivity index (χ4v) is 2.56. The third kappa shape index (κ3) is 3.59. The Morgan fingerprint density at radius 3 is 2.71 bits per heavy atom. The molecule has 1 rings (SSSR count). The Balaban J connectivity index is 2.39. The van der Waals surface area contributed by atoms with Crippen LogP contribution in [0.4, 0.5) is 5.00 Å². The van der Waals surface area contributed by atoms with Crippen LogP contribution >= 0.6 is 27.3 Å². The van der Waals surface area contributed by atoms with Crippen molar-refractivity contribution in [3.05, 3.63) is 15.9 Å². The lowest BCUT2D eigenvalue weighted by molar-refractivity contribution is 0.413. The Labute approximate surface area is 98.0 Å². The second-order valence-corrected chi connectivity index (χ2v) is 5.58. The van der Waals surface area contributed by atoms with E-state index in [-0.39, 0.29) is 0 Å². The van der Waals surface area contributed by atoms with Gasteiger partial charge in [0.1, 0.15) is 0 Å². The van der Waals surface area contributed by atoms with Gasteiger partial charge in [0.15, 0.2) is 0 Å². The lowest BCUT2D eigenvalue weighted by Gasteiger charge is -2.19. The molecule has 4 heteroatoms. The summed E-state index contributed by atoms with van der Waals surface area (Å²) in [4.78, 5) is 0. The zero-order valence-electron chi connectivity index (χ0n) is 8.59. The topological polar surface area (TPSA) is 38.0 Å². The molecule has 80 valence electrons. The number of hydrogen-bond donors (Lipinski definition) is 2. The smallest absolute Gasteiger partial charge is 0.0894 e. The van der Waals surface area contributed by atoms with Crippen molar-refractivity contribution in [1.29, 1.82) is 0 Å². The molecule has 1 aromatic heterocycles. The number of nitrogens with two attached hydrogens (primary N) is 1. The van der Waals surface area contributed by atoms with Gasteiger partial charge in [-0.15, -0.1) is 11.3 Å². The van der Waals surface area contributed by atoms with Crippen LogP contribution in [0.3, 0.4) is 0 Å². The highest BCUT2D eigenvalue weighted by Crippen LogP contribution is 2.24. The van der Waals surface area contributed by atoms with E-state index < -0.39 is 0 Å². The summed E-state index contributed by atoms with van der Waals surface area (Å²) in [5, 5.41) is 6.69. The van der Waals surface area contributed by atoms with E-state index in [1.54, 1.807) is 11.3 Å². The first-order valence-corrected chi connectivity index (χ1v) is 6.48. The molecule has 0 aliphatic heterocycles. The van der Waals surface area contributed by atoms with Gasteiger partial charge in [-0.25, -0.2) is 0 Å². The van der Waals surface area contributed by atoms with Crippen molar-refractivity contribution < 1.29 is 0 Å². The summed E-state index contributed by atoms with van der Waals surface area (Å²) in [6.45, 7) is 6.13. The molecule has 0 aliphatic carbocycles. The van der Waals surface area contributed by atoms with Gasteiger partial charge in [0.25, 0.3) is 0 Å². The Bertz CT molecular complexity index is 273. The lowest BCUT2D eigenvalue weighted by atomic mass is 9.96. The molecule has 0 bridgehead atoms. The van der Waals surface area contributed by atoms with Crippen LogP contribution in [0, 0.1) is 11.8 Å². The monoisotopic (exact) mass is 276 g/mol. The first kappa shape index (κ1) is 12.0. The summed E-state index contributed by atoms with van der Waals surface area (Å²) in [5.74, 6) is 1.19. The zero-order valence-corrected chi connectivity index (χ0v) is 11.0. The summed E-state index contributed by atoms with van der Waals surface area (Å²) in [7, 11) is 0. The van der Waals surface area contributed by atoms with Gasteiger partial charge in [0.2, 0.25) is 0 Å². The van der Waals surface area contributed by atoms with E-state index in [2.05, 4.69) is 46.5 Å². The first-order valence-electron chi connectivity index (χ1n) is 4.81. The van der Waals surface area contributed by atoms with Gasteiger partial charge in [-0.1, -0.05) is 13.8 Å². The van der Waals surface area contributed by atoms with E-state index in [1.165, 1.54) is 5.00 Å². The molecule has 1 heterocycles. The van der Waals surface area contributed by atoms with Crippen LogP contribution < -0.4 is 11.1 Å². The van der Waals surface area contributed by atoms with E-state index >= 15 is 0 Å². The highest BCUT2D eigenvalue weighted by Gasteiger charge is 2.11. The minimum absolute atomic E-state index is 0.552. The van der Waals surface area contributed by atoms with Crippen LogP contribution in [0.1, 0.15) is 13.8 Å². The zero-order chi connectivity index (χ0) is 10.6. The van der Waals surface area contributed by atoms with Crippen molar-refractivity contribution >= 4 is 32.3 Å². The maximum absolute atomic E-state index is 5.70. The predicted octanol–water partition coefficient (Wildman–Crippen LogP) is 3.15. The second-order valence-electron chi connectivity index (χ2n) is 3.75. The summed E-state index contributed by atoms with van der Waals surface area (Å²) in [6, 6.07) is 2.10. The summed E-state index contributed by atoms with van der Waals surface area (Å²) in [6.07, 6.45) is 0. The molecule has 0 spiro atoms. The van der Waals surface area contributed by atoms with Crippen LogP contribution in [0.5, 0.6) is 0 Å². The molecule has 0 radical (unpaired) electrons. The van der Waals surface area contributed by atoms with E-state index in [9.17, 15) is 0 Å². The number of halogens is 1. The van der Waals surface area contributed by atoms with Gasteiger partial charge >= 0.3 is 0 Å². The number of thiophene rings is 1. The van der Waals surface area contributed by atoms with Crippen LogP contribution in [0.2, 0.25) is 0 Å². The van der Waals surface area contributed by atoms with E-state index in [0.29, 0.717) is 11.8 Å². The van der Waals surface area contributed by atoms with Crippen molar-refractivity contribution in [1.82, 2.24) is 0 Å². The highest BCUT2D eigenvalue weighted by atomic mass is 79.9. The molecule has 1 unspecified atom stereocenters. The fourth-order valence-electron chi connectivity index (χ4n) is 1.23. The normalized spacial score (nSPS) is 13.2. The average Bonchev–Trinajstić information content (AvgIpc) is 2.52. The molecule has 0 saturated heterocycles. The van der Waals surface area contributed by atoms with Gasteiger partial charge in [-0.3, -0.25) is 0 Å². The number of hydrogen-bond acceptors (Lipinski definition) is 3. The summed E-state index contributed by atoms with van der Waals surface area (Å²) < 4.78 is 1.14. The molecule has 0 aromatic carbocycles. The molecule has 1 atom stereocenters.